The van der Waals surface area contributed by atoms with Crippen molar-refractivity contribution in [2.75, 3.05) is 25.1 Å². The van der Waals surface area contributed by atoms with E-state index >= 15 is 0 Å². The van der Waals surface area contributed by atoms with Crippen LogP contribution in [0.5, 0.6) is 0 Å². The molecule has 0 unspecified atom stereocenters. The zero-order chi connectivity index (χ0) is 12.7. The summed E-state index contributed by atoms with van der Waals surface area (Å²) in [6.07, 6.45) is 2.16. The minimum absolute atomic E-state index is 0.0462. The summed E-state index contributed by atoms with van der Waals surface area (Å²) in [5, 5.41) is 13.7. The monoisotopic (exact) mass is 239 g/mol. The highest BCUT2D eigenvalue weighted by atomic mass is 16.6. The molecule has 17 heavy (non-hydrogen) atoms. The van der Waals surface area contributed by atoms with Gasteiger partial charge in [-0.25, -0.2) is 4.98 Å². The molecule has 0 bridgehead atoms. The number of aryl methyl sites for hydroxylation is 1. The van der Waals surface area contributed by atoms with Gasteiger partial charge in [0.25, 0.3) is 5.69 Å². The third-order valence-electron chi connectivity index (χ3n) is 2.26. The van der Waals surface area contributed by atoms with E-state index in [4.69, 9.17) is 4.74 Å². The second-order valence-corrected chi connectivity index (χ2v) is 3.59. The molecular weight excluding hydrogens is 222 g/mol. The van der Waals surface area contributed by atoms with Crippen LogP contribution in [0.4, 0.5) is 11.5 Å². The summed E-state index contributed by atoms with van der Waals surface area (Å²) in [6.45, 7) is 5.81. The van der Waals surface area contributed by atoms with Crippen LogP contribution in [0.1, 0.15) is 18.9 Å². The van der Waals surface area contributed by atoms with Gasteiger partial charge in [0, 0.05) is 25.3 Å². The fraction of sp³-hybridized carbons (Fsp3) is 0.545. The molecule has 0 amide bonds. The highest BCUT2D eigenvalue weighted by Gasteiger charge is 2.10. The van der Waals surface area contributed by atoms with E-state index in [0.29, 0.717) is 18.0 Å². The van der Waals surface area contributed by atoms with Gasteiger partial charge in [0.05, 0.1) is 4.92 Å². The molecule has 0 radical (unpaired) electrons. The molecule has 1 heterocycles. The number of rotatable bonds is 7. The molecule has 0 saturated heterocycles. The molecule has 0 aromatic carbocycles. The van der Waals surface area contributed by atoms with Crippen molar-refractivity contribution in [3.8, 4) is 0 Å². The van der Waals surface area contributed by atoms with Gasteiger partial charge >= 0.3 is 0 Å². The van der Waals surface area contributed by atoms with Gasteiger partial charge < -0.3 is 10.1 Å². The average molecular weight is 239 g/mol. The van der Waals surface area contributed by atoms with Crippen molar-refractivity contribution in [3.63, 3.8) is 0 Å². The second kappa shape index (κ2) is 6.80. The molecule has 0 spiro atoms. The van der Waals surface area contributed by atoms with Crippen LogP contribution in [0.25, 0.3) is 0 Å². The summed E-state index contributed by atoms with van der Waals surface area (Å²) in [4.78, 5) is 14.1. The van der Waals surface area contributed by atoms with Crippen LogP contribution in [0.15, 0.2) is 12.3 Å². The zero-order valence-electron chi connectivity index (χ0n) is 10.1. The van der Waals surface area contributed by atoms with Crippen molar-refractivity contribution in [1.29, 1.82) is 0 Å². The van der Waals surface area contributed by atoms with Gasteiger partial charge in [0.15, 0.2) is 0 Å². The van der Waals surface area contributed by atoms with Crippen LogP contribution in [0.2, 0.25) is 0 Å². The van der Waals surface area contributed by atoms with E-state index in [9.17, 15) is 10.1 Å². The van der Waals surface area contributed by atoms with Gasteiger partial charge in [0.2, 0.25) is 0 Å². The van der Waals surface area contributed by atoms with E-state index in [0.717, 1.165) is 19.6 Å². The van der Waals surface area contributed by atoms with Crippen molar-refractivity contribution in [3.05, 3.63) is 27.9 Å². The molecule has 1 aromatic rings. The lowest BCUT2D eigenvalue weighted by atomic mass is 10.2. The maximum absolute atomic E-state index is 10.6. The van der Waals surface area contributed by atoms with Crippen LogP contribution in [-0.4, -0.2) is 29.7 Å². The maximum atomic E-state index is 10.6. The van der Waals surface area contributed by atoms with Gasteiger partial charge in [-0.2, -0.15) is 0 Å². The van der Waals surface area contributed by atoms with Crippen molar-refractivity contribution in [2.45, 2.75) is 20.3 Å². The number of hydrogen-bond donors (Lipinski definition) is 1. The lowest BCUT2D eigenvalue weighted by Crippen LogP contribution is -2.07. The summed E-state index contributed by atoms with van der Waals surface area (Å²) in [6, 6.07) is 1.68. The van der Waals surface area contributed by atoms with Crippen LogP contribution in [-0.2, 0) is 4.74 Å². The van der Waals surface area contributed by atoms with Crippen LogP contribution < -0.4 is 5.32 Å². The summed E-state index contributed by atoms with van der Waals surface area (Å²) in [5.41, 5.74) is 0.655. The average Bonchev–Trinajstić information content (AvgIpc) is 2.28. The first-order chi connectivity index (χ1) is 8.15. The minimum Gasteiger partial charge on any atom is -0.382 e. The number of aromatic nitrogens is 1. The third-order valence-corrected chi connectivity index (χ3v) is 2.26. The summed E-state index contributed by atoms with van der Waals surface area (Å²) >= 11 is 0. The minimum atomic E-state index is -0.429. The Morgan fingerprint density at radius 2 is 2.35 bits per heavy atom. The highest BCUT2D eigenvalue weighted by molar-refractivity contribution is 5.46. The van der Waals surface area contributed by atoms with Gasteiger partial charge in [0.1, 0.15) is 12.0 Å². The van der Waals surface area contributed by atoms with E-state index in [2.05, 4.69) is 10.3 Å². The highest BCUT2D eigenvalue weighted by Crippen LogP contribution is 2.18. The molecule has 0 aliphatic carbocycles. The van der Waals surface area contributed by atoms with Gasteiger partial charge in [-0.05, 0) is 26.3 Å². The quantitative estimate of drug-likeness (QED) is 0.448. The topological polar surface area (TPSA) is 77.3 Å². The molecule has 1 aromatic heterocycles. The molecule has 0 fully saturated rings. The number of anilines is 1. The number of pyridine rings is 1. The van der Waals surface area contributed by atoms with E-state index in [1.54, 1.807) is 13.0 Å². The van der Waals surface area contributed by atoms with Gasteiger partial charge in [-0.15, -0.1) is 0 Å². The molecule has 6 nitrogen and oxygen atoms in total. The molecule has 6 heteroatoms. The number of nitrogens with one attached hydrogen (secondary N) is 1. The van der Waals surface area contributed by atoms with Gasteiger partial charge in [-0.3, -0.25) is 10.1 Å². The molecule has 0 aliphatic heterocycles. The van der Waals surface area contributed by atoms with E-state index in [-0.39, 0.29) is 5.69 Å². The summed E-state index contributed by atoms with van der Waals surface area (Å²) in [5.74, 6) is 0.657. The Morgan fingerprint density at radius 1 is 1.59 bits per heavy atom. The van der Waals surface area contributed by atoms with Gasteiger partial charge in [-0.1, -0.05) is 0 Å². The number of hydrogen-bond acceptors (Lipinski definition) is 5. The predicted octanol–water partition coefficient (Wildman–Crippen LogP) is 2.14. The van der Waals surface area contributed by atoms with Crippen LogP contribution in [0.3, 0.4) is 0 Å². The van der Waals surface area contributed by atoms with Crippen LogP contribution in [0, 0.1) is 17.0 Å². The number of ether oxygens (including phenoxy) is 1. The first kappa shape index (κ1) is 13.4. The Labute approximate surface area is 100 Å². The molecular formula is C11H17N3O3. The molecule has 94 valence electrons. The Balaban J connectivity index is 2.45. The Hall–Kier alpha value is -1.69. The van der Waals surface area contributed by atoms with E-state index in [1.807, 2.05) is 6.92 Å². The largest absolute Gasteiger partial charge is 0.382 e. The standard InChI is InChI=1S/C11H17N3O3/c1-3-17-6-4-5-12-11-7-9(2)10(8-13-11)14(15)16/h7-8H,3-6H2,1-2H3,(H,12,13). The fourth-order valence-electron chi connectivity index (χ4n) is 1.37. The fourth-order valence-corrected chi connectivity index (χ4v) is 1.37. The normalized spacial score (nSPS) is 10.2. The molecule has 0 aliphatic rings. The smallest absolute Gasteiger partial charge is 0.290 e. The number of nitrogens with zero attached hydrogens (tertiary/aromatic N) is 2. The molecule has 0 saturated carbocycles. The molecule has 0 atom stereocenters. The predicted molar refractivity (Wildman–Crippen MR) is 65.2 cm³/mol. The van der Waals surface area contributed by atoms with E-state index < -0.39 is 4.92 Å². The Morgan fingerprint density at radius 3 is 2.94 bits per heavy atom. The number of nitro groups is 1. The Bertz CT molecular complexity index is 382. The first-order valence-corrected chi connectivity index (χ1v) is 5.57. The third kappa shape index (κ3) is 4.36. The zero-order valence-corrected chi connectivity index (χ0v) is 10.1. The lowest BCUT2D eigenvalue weighted by Gasteiger charge is -2.06. The van der Waals surface area contributed by atoms with E-state index in [1.165, 1.54) is 6.20 Å². The maximum Gasteiger partial charge on any atom is 0.290 e. The lowest BCUT2D eigenvalue weighted by molar-refractivity contribution is -0.385. The van der Waals surface area contributed by atoms with Crippen molar-refractivity contribution < 1.29 is 9.66 Å². The Kier molecular flexibility index (Phi) is 5.35. The van der Waals surface area contributed by atoms with Crippen molar-refractivity contribution in [1.82, 2.24) is 4.98 Å². The first-order valence-electron chi connectivity index (χ1n) is 5.57. The molecule has 1 N–H and O–H groups in total. The van der Waals surface area contributed by atoms with Crippen molar-refractivity contribution >= 4 is 11.5 Å². The molecule has 1 rings (SSSR count). The van der Waals surface area contributed by atoms with Crippen LogP contribution >= 0.6 is 0 Å². The summed E-state index contributed by atoms with van der Waals surface area (Å²) < 4.78 is 5.20. The van der Waals surface area contributed by atoms with Crippen molar-refractivity contribution in [2.24, 2.45) is 0 Å². The SMILES string of the molecule is CCOCCCNc1cc(C)c([N+](=O)[O-])cn1. The second-order valence-electron chi connectivity index (χ2n) is 3.59. The summed E-state index contributed by atoms with van der Waals surface area (Å²) in [7, 11) is 0.